The molecule has 9 heteroatoms. The van der Waals surface area contributed by atoms with Gasteiger partial charge in [-0.3, -0.25) is 9.36 Å². The molecule has 4 aromatic rings. The number of carbonyl (C=O) groups is 1. The van der Waals surface area contributed by atoms with Crippen LogP contribution in [0.5, 0.6) is 0 Å². The van der Waals surface area contributed by atoms with Crippen molar-refractivity contribution in [2.75, 3.05) is 36.8 Å². The molecule has 0 saturated carbocycles. The fourth-order valence-electron chi connectivity index (χ4n) is 3.98. The van der Waals surface area contributed by atoms with E-state index >= 15 is 0 Å². The molecule has 0 radical (unpaired) electrons. The smallest absolute Gasteiger partial charge is 0.233 e. The molecule has 0 atom stereocenters. The maximum atomic E-state index is 13.2. The maximum Gasteiger partial charge on any atom is 0.233 e. The maximum absolute atomic E-state index is 13.2. The van der Waals surface area contributed by atoms with E-state index in [0.29, 0.717) is 24.8 Å². The van der Waals surface area contributed by atoms with E-state index in [-0.39, 0.29) is 17.5 Å². The number of benzene rings is 2. The molecule has 0 N–H and O–H groups in total. The summed E-state index contributed by atoms with van der Waals surface area (Å²) in [4.78, 5) is 17.0. The van der Waals surface area contributed by atoms with Crippen molar-refractivity contribution in [1.82, 2.24) is 19.7 Å². The van der Waals surface area contributed by atoms with Crippen LogP contribution in [0.15, 0.2) is 82.6 Å². The summed E-state index contributed by atoms with van der Waals surface area (Å²) in [5.74, 6) is 1.63. The lowest BCUT2D eigenvalue weighted by Gasteiger charge is -2.36. The van der Waals surface area contributed by atoms with E-state index in [2.05, 4.69) is 15.1 Å². The highest BCUT2D eigenvalue weighted by molar-refractivity contribution is 7.99. The summed E-state index contributed by atoms with van der Waals surface area (Å²) in [6.07, 6.45) is 1.64. The molecule has 174 valence electrons. The molecule has 34 heavy (non-hydrogen) atoms. The van der Waals surface area contributed by atoms with Gasteiger partial charge >= 0.3 is 0 Å². The minimum absolute atomic E-state index is 0.0672. The molecule has 1 fully saturated rings. The van der Waals surface area contributed by atoms with Crippen LogP contribution in [0.25, 0.3) is 11.4 Å². The number of hydrogen-bond donors (Lipinski definition) is 0. The first-order valence-electron chi connectivity index (χ1n) is 11.1. The first-order valence-corrected chi connectivity index (χ1v) is 12.1. The fourth-order valence-corrected chi connectivity index (χ4v) is 4.82. The average Bonchev–Trinajstić information content (AvgIpc) is 3.54. The van der Waals surface area contributed by atoms with E-state index < -0.39 is 0 Å². The van der Waals surface area contributed by atoms with Crippen LogP contribution >= 0.6 is 11.8 Å². The Morgan fingerprint density at radius 2 is 1.71 bits per heavy atom. The number of rotatable bonds is 7. The Labute approximate surface area is 201 Å². The summed E-state index contributed by atoms with van der Waals surface area (Å²) in [7, 11) is 0. The molecule has 1 amide bonds. The molecule has 0 unspecified atom stereocenters. The van der Waals surface area contributed by atoms with E-state index in [4.69, 9.17) is 4.42 Å². The normalized spacial score (nSPS) is 13.9. The summed E-state index contributed by atoms with van der Waals surface area (Å²) in [6.45, 7) is 3.18. The topological polar surface area (TPSA) is 67.4 Å². The number of halogens is 1. The van der Waals surface area contributed by atoms with Crippen LogP contribution in [0.2, 0.25) is 0 Å². The van der Waals surface area contributed by atoms with Crippen molar-refractivity contribution >= 4 is 23.4 Å². The number of anilines is 1. The molecule has 2 aromatic heterocycles. The highest BCUT2D eigenvalue weighted by Crippen LogP contribution is 2.26. The number of hydrogen-bond acceptors (Lipinski definition) is 6. The van der Waals surface area contributed by atoms with E-state index in [1.54, 1.807) is 18.4 Å². The number of piperazine rings is 1. The van der Waals surface area contributed by atoms with Gasteiger partial charge in [-0.25, -0.2) is 4.39 Å². The SMILES string of the molecule is O=C(CSc1nnc(-c2ccccc2)n1Cc1ccco1)N1CCN(c2ccc(F)cc2)CC1. The van der Waals surface area contributed by atoms with Crippen LogP contribution in [0, 0.1) is 5.82 Å². The van der Waals surface area contributed by atoms with E-state index in [0.717, 1.165) is 35.9 Å². The van der Waals surface area contributed by atoms with Crippen LogP contribution in [0.3, 0.4) is 0 Å². The third-order valence-corrected chi connectivity index (χ3v) is 6.74. The zero-order chi connectivity index (χ0) is 23.3. The zero-order valence-corrected chi connectivity index (χ0v) is 19.3. The molecule has 1 aliphatic heterocycles. The van der Waals surface area contributed by atoms with Crippen molar-refractivity contribution in [1.29, 1.82) is 0 Å². The van der Waals surface area contributed by atoms with Gasteiger partial charge in [0.05, 0.1) is 18.6 Å². The Kier molecular flexibility index (Phi) is 6.62. The molecular weight excluding hydrogens is 453 g/mol. The lowest BCUT2D eigenvalue weighted by atomic mass is 10.2. The molecule has 0 aliphatic carbocycles. The Balaban J connectivity index is 1.24. The molecule has 3 heterocycles. The Bertz CT molecular complexity index is 1220. The molecule has 5 rings (SSSR count). The van der Waals surface area contributed by atoms with Gasteiger partial charge in [0.1, 0.15) is 11.6 Å². The third-order valence-electron chi connectivity index (χ3n) is 5.79. The van der Waals surface area contributed by atoms with Gasteiger partial charge in [-0.05, 0) is 36.4 Å². The third kappa shape index (κ3) is 4.99. The second-order valence-corrected chi connectivity index (χ2v) is 8.91. The lowest BCUT2D eigenvalue weighted by Crippen LogP contribution is -2.49. The molecule has 1 aliphatic rings. The second kappa shape index (κ2) is 10.1. The monoisotopic (exact) mass is 477 g/mol. The first kappa shape index (κ1) is 22.2. The molecule has 1 saturated heterocycles. The van der Waals surface area contributed by atoms with Gasteiger partial charge in [-0.1, -0.05) is 42.1 Å². The second-order valence-electron chi connectivity index (χ2n) is 7.97. The fraction of sp³-hybridized carbons (Fsp3) is 0.240. The van der Waals surface area contributed by atoms with Crippen LogP contribution in [-0.4, -0.2) is 57.5 Å². The number of furan rings is 1. The number of nitrogens with zero attached hydrogens (tertiary/aromatic N) is 5. The van der Waals surface area contributed by atoms with E-state index in [9.17, 15) is 9.18 Å². The van der Waals surface area contributed by atoms with Crippen molar-refractivity contribution in [2.45, 2.75) is 11.7 Å². The van der Waals surface area contributed by atoms with Crippen LogP contribution < -0.4 is 4.90 Å². The van der Waals surface area contributed by atoms with Gasteiger partial charge in [0.25, 0.3) is 0 Å². The van der Waals surface area contributed by atoms with Crippen LogP contribution in [0.4, 0.5) is 10.1 Å². The lowest BCUT2D eigenvalue weighted by molar-refractivity contribution is -0.128. The van der Waals surface area contributed by atoms with Crippen LogP contribution in [-0.2, 0) is 11.3 Å². The highest BCUT2D eigenvalue weighted by Gasteiger charge is 2.23. The first-order chi connectivity index (χ1) is 16.7. The van der Waals surface area contributed by atoms with Crippen molar-refractivity contribution in [3.8, 4) is 11.4 Å². The van der Waals surface area contributed by atoms with Crippen molar-refractivity contribution < 1.29 is 13.6 Å². The summed E-state index contributed by atoms with van der Waals surface area (Å²) in [5.41, 5.74) is 1.93. The van der Waals surface area contributed by atoms with Gasteiger partial charge in [0, 0.05) is 37.4 Å². The number of amides is 1. The minimum atomic E-state index is -0.245. The molecule has 0 spiro atoms. The number of carbonyl (C=O) groups excluding carboxylic acids is 1. The summed E-state index contributed by atoms with van der Waals surface area (Å²) >= 11 is 1.39. The standard InChI is InChI=1S/C25H24FN5O2S/c26-20-8-10-21(11-9-20)29-12-14-30(15-13-29)23(32)18-34-25-28-27-24(19-5-2-1-3-6-19)31(25)17-22-7-4-16-33-22/h1-11,16H,12-15,17-18H2. The van der Waals surface area contributed by atoms with Crippen molar-refractivity contribution in [2.24, 2.45) is 0 Å². The van der Waals surface area contributed by atoms with Gasteiger partial charge in [0.2, 0.25) is 5.91 Å². The minimum Gasteiger partial charge on any atom is -0.467 e. The Morgan fingerprint density at radius 1 is 0.941 bits per heavy atom. The number of thioether (sulfide) groups is 1. The van der Waals surface area contributed by atoms with Crippen molar-refractivity contribution in [3.63, 3.8) is 0 Å². The van der Waals surface area contributed by atoms with Gasteiger partial charge in [-0.15, -0.1) is 10.2 Å². The molecule has 2 aromatic carbocycles. The molecule has 7 nitrogen and oxygen atoms in total. The van der Waals surface area contributed by atoms with Crippen molar-refractivity contribution in [3.05, 3.63) is 84.6 Å². The van der Waals surface area contributed by atoms with E-state index in [1.165, 1.54) is 23.9 Å². The zero-order valence-electron chi connectivity index (χ0n) is 18.5. The van der Waals surface area contributed by atoms with Gasteiger partial charge < -0.3 is 14.2 Å². The largest absolute Gasteiger partial charge is 0.467 e. The van der Waals surface area contributed by atoms with Crippen LogP contribution in [0.1, 0.15) is 5.76 Å². The Morgan fingerprint density at radius 3 is 2.41 bits per heavy atom. The molecular formula is C25H24FN5O2S. The number of aromatic nitrogens is 3. The van der Waals surface area contributed by atoms with E-state index in [1.807, 2.05) is 51.9 Å². The Hall–Kier alpha value is -3.59. The molecule has 0 bridgehead atoms. The average molecular weight is 478 g/mol. The predicted molar refractivity (Wildman–Crippen MR) is 129 cm³/mol. The predicted octanol–water partition coefficient (Wildman–Crippen LogP) is 4.17. The summed E-state index contributed by atoms with van der Waals surface area (Å²) in [6, 6.07) is 20.1. The van der Waals surface area contributed by atoms with Gasteiger partial charge in [0.15, 0.2) is 11.0 Å². The summed E-state index contributed by atoms with van der Waals surface area (Å²) in [5, 5.41) is 9.45. The summed E-state index contributed by atoms with van der Waals surface area (Å²) < 4.78 is 20.7. The van der Waals surface area contributed by atoms with Gasteiger partial charge in [-0.2, -0.15) is 0 Å². The quantitative estimate of drug-likeness (QED) is 0.372. The highest BCUT2D eigenvalue weighted by atomic mass is 32.2.